The SMILES string of the molecule is CCNC(=NCc1ccc(Cn2ccccc2=O)cc1)NC1CCS(=O)(=O)C1.I. The van der Waals surface area contributed by atoms with Gasteiger partial charge in [0, 0.05) is 24.8 Å². The van der Waals surface area contributed by atoms with Crippen LogP contribution in [0.3, 0.4) is 0 Å². The summed E-state index contributed by atoms with van der Waals surface area (Å²) >= 11 is 0. The van der Waals surface area contributed by atoms with Crippen LogP contribution in [-0.4, -0.2) is 43.0 Å². The highest BCUT2D eigenvalue weighted by molar-refractivity contribution is 14.0. The van der Waals surface area contributed by atoms with Crippen LogP contribution in [0.25, 0.3) is 0 Å². The van der Waals surface area contributed by atoms with Gasteiger partial charge in [-0.25, -0.2) is 13.4 Å². The maximum absolute atomic E-state index is 11.8. The summed E-state index contributed by atoms with van der Waals surface area (Å²) in [4.78, 5) is 16.4. The first-order valence-corrected chi connectivity index (χ1v) is 11.3. The number of aromatic nitrogens is 1. The number of halogens is 1. The summed E-state index contributed by atoms with van der Waals surface area (Å²) < 4.78 is 24.9. The maximum atomic E-state index is 11.8. The van der Waals surface area contributed by atoms with Crippen molar-refractivity contribution in [3.63, 3.8) is 0 Å². The van der Waals surface area contributed by atoms with Gasteiger partial charge in [0.25, 0.3) is 5.56 Å². The van der Waals surface area contributed by atoms with Gasteiger partial charge in [-0.2, -0.15) is 0 Å². The molecule has 1 saturated heterocycles. The summed E-state index contributed by atoms with van der Waals surface area (Å²) in [5, 5.41) is 6.38. The molecule has 1 aromatic carbocycles. The van der Waals surface area contributed by atoms with Crippen molar-refractivity contribution < 1.29 is 8.42 Å². The minimum absolute atomic E-state index is 0. The van der Waals surface area contributed by atoms with Crippen molar-refractivity contribution in [3.05, 3.63) is 70.1 Å². The van der Waals surface area contributed by atoms with Crippen molar-refractivity contribution in [1.29, 1.82) is 0 Å². The molecule has 9 heteroatoms. The molecule has 0 bridgehead atoms. The van der Waals surface area contributed by atoms with Gasteiger partial charge >= 0.3 is 0 Å². The number of benzene rings is 1. The normalized spacial score (nSPS) is 18.1. The number of guanidine groups is 1. The molecule has 2 N–H and O–H groups in total. The number of hydrogen-bond acceptors (Lipinski definition) is 4. The molecule has 1 fully saturated rings. The first kappa shape index (κ1) is 23.4. The van der Waals surface area contributed by atoms with Gasteiger partial charge in [-0.15, -0.1) is 24.0 Å². The van der Waals surface area contributed by atoms with Crippen LogP contribution in [-0.2, 0) is 22.9 Å². The smallest absolute Gasteiger partial charge is 0.250 e. The second-order valence-corrected chi connectivity index (χ2v) is 9.15. The van der Waals surface area contributed by atoms with Crippen LogP contribution < -0.4 is 16.2 Å². The summed E-state index contributed by atoms with van der Waals surface area (Å²) in [7, 11) is -2.93. The minimum Gasteiger partial charge on any atom is -0.357 e. The van der Waals surface area contributed by atoms with E-state index in [1.54, 1.807) is 22.9 Å². The molecule has 1 aromatic heterocycles. The summed E-state index contributed by atoms with van der Waals surface area (Å²) in [6.45, 7) is 3.70. The zero-order chi connectivity index (χ0) is 20.0. The van der Waals surface area contributed by atoms with Gasteiger partial charge in [0.15, 0.2) is 15.8 Å². The van der Waals surface area contributed by atoms with E-state index in [1.807, 2.05) is 37.3 Å². The Morgan fingerprint density at radius 3 is 2.52 bits per heavy atom. The summed E-state index contributed by atoms with van der Waals surface area (Å²) in [5.41, 5.74) is 2.06. The van der Waals surface area contributed by atoms with Crippen LogP contribution >= 0.6 is 24.0 Å². The topological polar surface area (TPSA) is 92.6 Å². The Morgan fingerprint density at radius 1 is 1.17 bits per heavy atom. The largest absolute Gasteiger partial charge is 0.357 e. The average Bonchev–Trinajstić information content (AvgIpc) is 3.01. The minimum atomic E-state index is -2.93. The first-order valence-electron chi connectivity index (χ1n) is 9.44. The number of nitrogens with zero attached hydrogens (tertiary/aromatic N) is 2. The Balaban J connectivity index is 0.00000300. The molecular formula is C20H27IN4O3S. The third-order valence-electron chi connectivity index (χ3n) is 4.61. The lowest BCUT2D eigenvalue weighted by Gasteiger charge is -2.15. The van der Waals surface area contributed by atoms with Gasteiger partial charge in [-0.1, -0.05) is 30.3 Å². The molecule has 158 valence electrons. The van der Waals surface area contributed by atoms with E-state index in [4.69, 9.17) is 0 Å². The van der Waals surface area contributed by atoms with Crippen LogP contribution in [0.4, 0.5) is 0 Å². The number of nitrogens with one attached hydrogen (secondary N) is 2. The van der Waals surface area contributed by atoms with Crippen LogP contribution in [0, 0.1) is 0 Å². The predicted molar refractivity (Wildman–Crippen MR) is 127 cm³/mol. The van der Waals surface area contributed by atoms with Crippen molar-refractivity contribution in [2.45, 2.75) is 32.5 Å². The van der Waals surface area contributed by atoms with Crippen molar-refractivity contribution in [2.75, 3.05) is 18.1 Å². The molecule has 0 spiro atoms. The average molecular weight is 530 g/mol. The quantitative estimate of drug-likeness (QED) is 0.338. The molecule has 3 rings (SSSR count). The Kier molecular flexibility index (Phi) is 8.69. The molecule has 1 aliphatic heterocycles. The van der Waals surface area contributed by atoms with E-state index in [1.165, 1.54) is 0 Å². The summed E-state index contributed by atoms with van der Waals surface area (Å²) in [6, 6.07) is 13.0. The lowest BCUT2D eigenvalue weighted by atomic mass is 10.1. The fourth-order valence-corrected chi connectivity index (χ4v) is 4.80. The lowest BCUT2D eigenvalue weighted by molar-refractivity contribution is 0.599. The highest BCUT2D eigenvalue weighted by Gasteiger charge is 2.28. The monoisotopic (exact) mass is 530 g/mol. The molecule has 29 heavy (non-hydrogen) atoms. The van der Waals surface area contributed by atoms with E-state index >= 15 is 0 Å². The first-order chi connectivity index (χ1) is 13.4. The fraction of sp³-hybridized carbons (Fsp3) is 0.400. The highest BCUT2D eigenvalue weighted by Crippen LogP contribution is 2.11. The van der Waals surface area contributed by atoms with Crippen molar-refractivity contribution in [2.24, 2.45) is 4.99 Å². The third kappa shape index (κ3) is 7.14. The zero-order valence-corrected chi connectivity index (χ0v) is 19.5. The van der Waals surface area contributed by atoms with Crippen molar-refractivity contribution in [1.82, 2.24) is 15.2 Å². The Bertz CT molecular complexity index is 987. The Hall–Kier alpha value is -1.88. The van der Waals surface area contributed by atoms with E-state index in [-0.39, 0.29) is 47.1 Å². The van der Waals surface area contributed by atoms with Gasteiger partial charge in [0.2, 0.25) is 0 Å². The number of hydrogen-bond donors (Lipinski definition) is 2. The fourth-order valence-electron chi connectivity index (χ4n) is 3.13. The standard InChI is InChI=1S/C20H26N4O3S.HI/c1-2-21-20(23-18-10-12-28(26,27)15-18)22-13-16-6-8-17(9-7-16)14-24-11-4-3-5-19(24)25;/h3-9,11,18H,2,10,12-15H2,1H3,(H2,21,22,23);1H. The lowest BCUT2D eigenvalue weighted by Crippen LogP contribution is -2.44. The van der Waals surface area contributed by atoms with Gasteiger partial charge in [0.05, 0.1) is 24.6 Å². The van der Waals surface area contributed by atoms with Gasteiger partial charge < -0.3 is 15.2 Å². The van der Waals surface area contributed by atoms with Gasteiger partial charge in [-0.3, -0.25) is 4.79 Å². The van der Waals surface area contributed by atoms with E-state index < -0.39 is 9.84 Å². The number of pyridine rings is 1. The second-order valence-electron chi connectivity index (χ2n) is 6.92. The Morgan fingerprint density at radius 2 is 1.90 bits per heavy atom. The molecule has 2 aromatic rings. The molecule has 2 heterocycles. The predicted octanol–water partition coefficient (Wildman–Crippen LogP) is 1.76. The van der Waals surface area contributed by atoms with Crippen molar-refractivity contribution >= 4 is 39.8 Å². The van der Waals surface area contributed by atoms with E-state index in [9.17, 15) is 13.2 Å². The molecule has 0 amide bonds. The second kappa shape index (κ2) is 10.8. The molecule has 1 atom stereocenters. The number of aliphatic imine (C=N–C) groups is 1. The van der Waals surface area contributed by atoms with Gasteiger partial charge in [0.1, 0.15) is 0 Å². The van der Waals surface area contributed by atoms with Crippen molar-refractivity contribution in [3.8, 4) is 0 Å². The summed E-state index contributed by atoms with van der Waals surface area (Å²) in [6.07, 6.45) is 2.39. The molecule has 0 aliphatic carbocycles. The highest BCUT2D eigenvalue weighted by atomic mass is 127. The van der Waals surface area contributed by atoms with Crippen LogP contribution in [0.1, 0.15) is 24.5 Å². The van der Waals surface area contributed by atoms with E-state index in [0.29, 0.717) is 32.0 Å². The van der Waals surface area contributed by atoms with E-state index in [0.717, 1.165) is 11.1 Å². The maximum Gasteiger partial charge on any atom is 0.250 e. The molecule has 7 nitrogen and oxygen atoms in total. The number of rotatable bonds is 6. The molecule has 0 radical (unpaired) electrons. The molecule has 1 unspecified atom stereocenters. The molecule has 1 aliphatic rings. The van der Waals surface area contributed by atoms with Crippen LogP contribution in [0.5, 0.6) is 0 Å². The summed E-state index contributed by atoms with van der Waals surface area (Å²) in [5.74, 6) is 1.02. The van der Waals surface area contributed by atoms with E-state index in [2.05, 4.69) is 15.6 Å². The third-order valence-corrected chi connectivity index (χ3v) is 6.38. The Labute approximate surface area is 188 Å². The molecular weight excluding hydrogens is 503 g/mol. The van der Waals surface area contributed by atoms with Gasteiger partial charge in [-0.05, 0) is 30.5 Å². The number of sulfone groups is 1. The van der Waals surface area contributed by atoms with Crippen LogP contribution in [0.2, 0.25) is 0 Å². The van der Waals surface area contributed by atoms with Crippen LogP contribution in [0.15, 0.2) is 58.4 Å². The molecule has 0 saturated carbocycles. The zero-order valence-electron chi connectivity index (χ0n) is 16.4.